The van der Waals surface area contributed by atoms with E-state index >= 15 is 0 Å². The molecule has 4 heteroatoms. The number of thiazole rings is 1. The van der Waals surface area contributed by atoms with E-state index in [4.69, 9.17) is 0 Å². The zero-order valence-corrected chi connectivity index (χ0v) is 8.01. The molecule has 66 valence electrons. The first-order chi connectivity index (χ1) is 6.40. The lowest BCUT2D eigenvalue weighted by molar-refractivity contribution is 1.30. The molecule has 0 saturated heterocycles. The number of nitrogens with zero attached hydrogens (tertiary/aromatic N) is 2. The fourth-order valence-electron chi connectivity index (χ4n) is 1.04. The molecule has 1 N–H and O–H groups in total. The summed E-state index contributed by atoms with van der Waals surface area (Å²) in [6.45, 7) is 0. The molecule has 0 bridgehead atoms. The van der Waals surface area contributed by atoms with Crippen molar-refractivity contribution in [2.75, 3.05) is 12.4 Å². The van der Waals surface area contributed by atoms with Crippen molar-refractivity contribution < 1.29 is 0 Å². The van der Waals surface area contributed by atoms with Crippen molar-refractivity contribution in [2.24, 2.45) is 0 Å². The minimum Gasteiger partial charge on any atom is -0.365 e. The predicted molar refractivity (Wildman–Crippen MR) is 54.9 cm³/mol. The van der Waals surface area contributed by atoms with Gasteiger partial charge in [0, 0.05) is 30.4 Å². The van der Waals surface area contributed by atoms with Crippen molar-refractivity contribution >= 4 is 16.5 Å². The van der Waals surface area contributed by atoms with Gasteiger partial charge in [0.15, 0.2) is 5.13 Å². The Bertz CT molecular complexity index is 383. The fourth-order valence-corrected chi connectivity index (χ4v) is 1.72. The van der Waals surface area contributed by atoms with Gasteiger partial charge in [-0.3, -0.25) is 4.98 Å². The third-order valence-electron chi connectivity index (χ3n) is 1.68. The number of hydrogen-bond donors (Lipinski definition) is 1. The van der Waals surface area contributed by atoms with E-state index in [1.807, 2.05) is 30.8 Å². The molecule has 0 aliphatic heterocycles. The van der Waals surface area contributed by atoms with Crippen LogP contribution in [0.2, 0.25) is 0 Å². The molecule has 0 fully saturated rings. The molecular weight excluding hydrogens is 182 g/mol. The van der Waals surface area contributed by atoms with Gasteiger partial charge in [0.1, 0.15) is 0 Å². The lowest BCUT2D eigenvalue weighted by atomic mass is 10.2. The van der Waals surface area contributed by atoms with Gasteiger partial charge in [0.05, 0.1) is 5.69 Å². The number of hydrogen-bond acceptors (Lipinski definition) is 4. The second-order valence-electron chi connectivity index (χ2n) is 2.53. The van der Waals surface area contributed by atoms with E-state index in [0.717, 1.165) is 16.4 Å². The van der Waals surface area contributed by atoms with Crippen LogP contribution in [-0.4, -0.2) is 17.0 Å². The molecule has 0 aliphatic rings. The summed E-state index contributed by atoms with van der Waals surface area (Å²) in [5.74, 6) is 0. The molecular formula is C9H9N3S. The minimum absolute atomic E-state index is 0.929. The van der Waals surface area contributed by atoms with Crippen molar-refractivity contribution in [3.05, 3.63) is 29.9 Å². The first-order valence-electron chi connectivity index (χ1n) is 3.94. The second-order valence-corrected chi connectivity index (χ2v) is 3.39. The van der Waals surface area contributed by atoms with Gasteiger partial charge in [-0.05, 0) is 12.1 Å². The fraction of sp³-hybridized carbons (Fsp3) is 0.111. The monoisotopic (exact) mass is 191 g/mol. The largest absolute Gasteiger partial charge is 0.365 e. The number of aromatic nitrogens is 2. The van der Waals surface area contributed by atoms with Crippen LogP contribution in [0.4, 0.5) is 5.13 Å². The number of pyridine rings is 1. The Hall–Kier alpha value is -1.42. The molecule has 2 aromatic rings. The Morgan fingerprint density at radius 3 is 3.00 bits per heavy atom. The van der Waals surface area contributed by atoms with E-state index < -0.39 is 0 Å². The molecule has 0 saturated carbocycles. The normalized spacial score (nSPS) is 9.92. The molecule has 13 heavy (non-hydrogen) atoms. The summed E-state index contributed by atoms with van der Waals surface area (Å²) in [6, 6.07) is 3.91. The molecule has 3 nitrogen and oxygen atoms in total. The maximum Gasteiger partial charge on any atom is 0.182 e. The lowest BCUT2D eigenvalue weighted by Gasteiger charge is -1.93. The highest BCUT2D eigenvalue weighted by Gasteiger charge is 2.01. The van der Waals surface area contributed by atoms with Crippen molar-refractivity contribution in [3.8, 4) is 11.3 Å². The van der Waals surface area contributed by atoms with Crippen LogP contribution in [0.3, 0.4) is 0 Å². The zero-order chi connectivity index (χ0) is 9.10. The summed E-state index contributed by atoms with van der Waals surface area (Å²) in [5.41, 5.74) is 2.03. The first kappa shape index (κ1) is 8.19. The topological polar surface area (TPSA) is 37.8 Å². The molecule has 0 spiro atoms. The molecule has 0 aliphatic carbocycles. The first-order valence-corrected chi connectivity index (χ1v) is 4.82. The summed E-state index contributed by atoms with van der Waals surface area (Å²) in [4.78, 5) is 8.41. The van der Waals surface area contributed by atoms with Gasteiger partial charge in [0.2, 0.25) is 0 Å². The van der Waals surface area contributed by atoms with Gasteiger partial charge in [-0.1, -0.05) is 0 Å². The Morgan fingerprint density at radius 1 is 1.46 bits per heavy atom. The van der Waals surface area contributed by atoms with Crippen LogP contribution >= 0.6 is 11.3 Å². The SMILES string of the molecule is CNc1nc(-c2cccnc2)cs1. The number of rotatable bonds is 2. The Labute approximate surface area is 80.5 Å². The average molecular weight is 191 g/mol. The van der Waals surface area contributed by atoms with Gasteiger partial charge in [0.25, 0.3) is 0 Å². The molecule has 0 aromatic carbocycles. The van der Waals surface area contributed by atoms with Crippen molar-refractivity contribution in [1.82, 2.24) is 9.97 Å². The molecule has 2 heterocycles. The third kappa shape index (κ3) is 1.67. The van der Waals surface area contributed by atoms with E-state index in [0.29, 0.717) is 0 Å². The van der Waals surface area contributed by atoms with Gasteiger partial charge < -0.3 is 5.32 Å². The van der Waals surface area contributed by atoms with Crippen LogP contribution < -0.4 is 5.32 Å². The second kappa shape index (κ2) is 3.53. The summed E-state index contributed by atoms with van der Waals surface area (Å²) in [6.07, 6.45) is 3.57. The summed E-state index contributed by atoms with van der Waals surface area (Å²) < 4.78 is 0. The van der Waals surface area contributed by atoms with Crippen LogP contribution in [0, 0.1) is 0 Å². The summed E-state index contributed by atoms with van der Waals surface area (Å²) in [5, 5.41) is 5.95. The van der Waals surface area contributed by atoms with Gasteiger partial charge in [-0.25, -0.2) is 4.98 Å². The lowest BCUT2D eigenvalue weighted by Crippen LogP contribution is -1.86. The molecule has 0 radical (unpaired) electrons. The summed E-state index contributed by atoms with van der Waals surface area (Å²) >= 11 is 1.59. The zero-order valence-electron chi connectivity index (χ0n) is 7.19. The standard InChI is InChI=1S/C9H9N3S/c1-10-9-12-8(6-13-9)7-3-2-4-11-5-7/h2-6H,1H3,(H,10,12). The Morgan fingerprint density at radius 2 is 2.38 bits per heavy atom. The van der Waals surface area contributed by atoms with Crippen LogP contribution in [-0.2, 0) is 0 Å². The van der Waals surface area contributed by atoms with E-state index in [1.54, 1.807) is 17.5 Å². The van der Waals surface area contributed by atoms with Crippen molar-refractivity contribution in [1.29, 1.82) is 0 Å². The van der Waals surface area contributed by atoms with Crippen molar-refractivity contribution in [3.63, 3.8) is 0 Å². The molecule has 2 rings (SSSR count). The predicted octanol–water partition coefficient (Wildman–Crippen LogP) is 2.25. The maximum absolute atomic E-state index is 4.37. The van der Waals surface area contributed by atoms with E-state index in [2.05, 4.69) is 15.3 Å². The van der Waals surface area contributed by atoms with E-state index in [9.17, 15) is 0 Å². The highest BCUT2D eigenvalue weighted by molar-refractivity contribution is 7.14. The number of nitrogens with one attached hydrogen (secondary N) is 1. The van der Waals surface area contributed by atoms with E-state index in [-0.39, 0.29) is 0 Å². The van der Waals surface area contributed by atoms with Gasteiger partial charge in [-0.2, -0.15) is 0 Å². The third-order valence-corrected chi connectivity index (χ3v) is 2.54. The Kier molecular flexibility index (Phi) is 2.23. The molecule has 2 aromatic heterocycles. The maximum atomic E-state index is 4.37. The minimum atomic E-state index is 0.929. The van der Waals surface area contributed by atoms with Gasteiger partial charge >= 0.3 is 0 Å². The quantitative estimate of drug-likeness (QED) is 0.791. The van der Waals surface area contributed by atoms with Crippen LogP contribution in [0.25, 0.3) is 11.3 Å². The van der Waals surface area contributed by atoms with Crippen LogP contribution in [0.1, 0.15) is 0 Å². The number of anilines is 1. The van der Waals surface area contributed by atoms with Crippen molar-refractivity contribution in [2.45, 2.75) is 0 Å². The van der Waals surface area contributed by atoms with Crippen LogP contribution in [0.5, 0.6) is 0 Å². The average Bonchev–Trinajstić information content (AvgIpc) is 2.67. The highest BCUT2D eigenvalue weighted by Crippen LogP contribution is 2.23. The molecule has 0 unspecified atom stereocenters. The summed E-state index contributed by atoms with van der Waals surface area (Å²) in [7, 11) is 1.87. The Balaban J connectivity index is 2.36. The smallest absolute Gasteiger partial charge is 0.182 e. The highest BCUT2D eigenvalue weighted by atomic mass is 32.1. The van der Waals surface area contributed by atoms with Crippen LogP contribution in [0.15, 0.2) is 29.9 Å². The molecule has 0 atom stereocenters. The molecule has 0 amide bonds. The van der Waals surface area contributed by atoms with Gasteiger partial charge in [-0.15, -0.1) is 11.3 Å². The van der Waals surface area contributed by atoms with E-state index in [1.165, 1.54) is 0 Å².